The van der Waals surface area contributed by atoms with E-state index in [1.165, 1.54) is 4.90 Å². The highest BCUT2D eigenvalue weighted by Gasteiger charge is 2.50. The molecule has 1 saturated heterocycles. The second kappa shape index (κ2) is 9.54. The molecule has 1 aromatic carbocycles. The van der Waals surface area contributed by atoms with E-state index in [2.05, 4.69) is 16.6 Å². The van der Waals surface area contributed by atoms with Gasteiger partial charge in [-0.3, -0.25) is 9.59 Å². The van der Waals surface area contributed by atoms with Gasteiger partial charge < -0.3 is 25.4 Å². The lowest BCUT2D eigenvalue weighted by molar-refractivity contribution is -0.142. The number of alkyl carbamates (subject to hydrolysis) is 1. The topological polar surface area (TPSA) is 108 Å². The first-order valence-electron chi connectivity index (χ1n) is 12.0. The quantitative estimate of drug-likeness (QED) is 0.558. The third-order valence-corrected chi connectivity index (χ3v) is 6.36. The Morgan fingerprint density at radius 2 is 1.74 bits per heavy atom. The van der Waals surface area contributed by atoms with Crippen molar-refractivity contribution in [3.05, 3.63) is 35.4 Å². The van der Waals surface area contributed by atoms with Gasteiger partial charge in [0.15, 0.2) is 0 Å². The molecule has 0 radical (unpaired) electrons. The Labute approximate surface area is 207 Å². The van der Waals surface area contributed by atoms with Crippen LogP contribution in [0, 0.1) is 17.8 Å². The lowest BCUT2D eigenvalue weighted by Crippen LogP contribution is -2.58. The second-order valence-corrected chi connectivity index (χ2v) is 11.6. The summed E-state index contributed by atoms with van der Waals surface area (Å²) < 4.78 is 5.35. The summed E-state index contributed by atoms with van der Waals surface area (Å²) in [5, 5.41) is 16.2. The Morgan fingerprint density at radius 3 is 2.23 bits per heavy atom. The number of nitrogens with one attached hydrogen (secondary N) is 2. The number of β-amino-alcohol motifs (C(OH)–C–C–N with tert-alkyl or cyclic N) is 1. The molecule has 2 aliphatic rings. The molecule has 8 nitrogen and oxygen atoms in total. The number of aliphatic hydroxyl groups excluding tert-OH is 1. The van der Waals surface area contributed by atoms with Crippen molar-refractivity contribution in [1.82, 2.24) is 15.5 Å². The molecule has 3 N–H and O–H groups in total. The first-order valence-corrected chi connectivity index (χ1v) is 12.0. The summed E-state index contributed by atoms with van der Waals surface area (Å²) in [5.74, 6) is 1.84. The van der Waals surface area contributed by atoms with Crippen molar-refractivity contribution < 1.29 is 24.2 Å². The van der Waals surface area contributed by atoms with Crippen LogP contribution in [0.2, 0.25) is 0 Å². The first-order chi connectivity index (χ1) is 16.1. The van der Waals surface area contributed by atoms with E-state index in [0.717, 1.165) is 24.0 Å². The molecule has 8 heteroatoms. The van der Waals surface area contributed by atoms with Gasteiger partial charge in [0.05, 0.1) is 11.6 Å². The number of benzene rings is 1. The van der Waals surface area contributed by atoms with Gasteiger partial charge in [-0.2, -0.15) is 0 Å². The van der Waals surface area contributed by atoms with Crippen molar-refractivity contribution in [2.24, 2.45) is 5.41 Å². The predicted molar refractivity (Wildman–Crippen MR) is 132 cm³/mol. The molecular formula is C27H37N3O5. The highest BCUT2D eigenvalue weighted by Crippen LogP contribution is 2.46. The molecule has 3 rings (SSSR count). The van der Waals surface area contributed by atoms with Crippen LogP contribution in [-0.4, -0.2) is 58.2 Å². The van der Waals surface area contributed by atoms with E-state index in [1.54, 1.807) is 20.8 Å². The molecule has 0 unspecified atom stereocenters. The molecule has 3 amide bonds. The Kier molecular flexibility index (Phi) is 7.24. The fourth-order valence-electron chi connectivity index (χ4n) is 4.36. The minimum Gasteiger partial charge on any atom is -0.444 e. The lowest BCUT2D eigenvalue weighted by atomic mass is 9.85. The van der Waals surface area contributed by atoms with E-state index >= 15 is 0 Å². The van der Waals surface area contributed by atoms with Gasteiger partial charge in [0.25, 0.3) is 0 Å². The number of aliphatic hydroxyl groups is 1. The van der Waals surface area contributed by atoms with Crippen molar-refractivity contribution in [2.45, 2.75) is 90.1 Å². The number of carbonyl (C=O) groups is 3. The number of ether oxygens (including phenoxy) is 1. The van der Waals surface area contributed by atoms with E-state index in [-0.39, 0.29) is 18.9 Å². The van der Waals surface area contributed by atoms with Crippen LogP contribution in [0.5, 0.6) is 0 Å². The van der Waals surface area contributed by atoms with Crippen molar-refractivity contribution >= 4 is 17.9 Å². The number of amides is 3. The Balaban J connectivity index is 1.77. The van der Waals surface area contributed by atoms with Crippen LogP contribution in [-0.2, 0) is 19.9 Å². The van der Waals surface area contributed by atoms with Gasteiger partial charge in [0.1, 0.15) is 17.7 Å². The molecular weight excluding hydrogens is 446 g/mol. The van der Waals surface area contributed by atoms with Crippen molar-refractivity contribution in [3.8, 4) is 12.3 Å². The predicted octanol–water partition coefficient (Wildman–Crippen LogP) is 2.67. The first kappa shape index (κ1) is 26.6. The maximum atomic E-state index is 13.6. The summed E-state index contributed by atoms with van der Waals surface area (Å²) in [7, 11) is 0. The molecule has 1 saturated carbocycles. The average molecular weight is 484 g/mol. The molecule has 0 spiro atoms. The van der Waals surface area contributed by atoms with Gasteiger partial charge >= 0.3 is 6.09 Å². The molecule has 2 fully saturated rings. The standard InChI is InChI=1S/C27H37N3O5/c1-8-17-9-11-18(12-10-17)27(13-14-27)29-22(32)20-15-19(31)16-30(20)23(33)21(25(2,3)4)28-24(34)35-26(5,6)7/h1,9-12,19-21,31H,13-16H2,2-7H3,(H,28,34)(H,29,32)/t19-,20+,21-/m1/s1. The zero-order valence-corrected chi connectivity index (χ0v) is 21.5. The maximum absolute atomic E-state index is 13.6. The number of likely N-dealkylation sites (tertiary alicyclic amines) is 1. The van der Waals surface area contributed by atoms with E-state index in [1.807, 2.05) is 45.0 Å². The van der Waals surface area contributed by atoms with Gasteiger partial charge in [-0.1, -0.05) is 38.8 Å². The summed E-state index contributed by atoms with van der Waals surface area (Å²) in [6.45, 7) is 10.7. The summed E-state index contributed by atoms with van der Waals surface area (Å²) in [4.78, 5) is 40.8. The molecule has 0 bridgehead atoms. The highest BCUT2D eigenvalue weighted by molar-refractivity contribution is 5.93. The van der Waals surface area contributed by atoms with Crippen LogP contribution in [0.3, 0.4) is 0 Å². The van der Waals surface area contributed by atoms with Crippen LogP contribution in [0.15, 0.2) is 24.3 Å². The van der Waals surface area contributed by atoms with Crippen molar-refractivity contribution in [1.29, 1.82) is 0 Å². The molecule has 190 valence electrons. The number of rotatable bonds is 5. The largest absolute Gasteiger partial charge is 0.444 e. The second-order valence-electron chi connectivity index (χ2n) is 11.6. The van der Waals surface area contributed by atoms with Gasteiger partial charge in [0.2, 0.25) is 11.8 Å². The summed E-state index contributed by atoms with van der Waals surface area (Å²) in [5.41, 5.74) is -0.152. The summed E-state index contributed by atoms with van der Waals surface area (Å²) in [6.07, 6.45) is 5.60. The monoisotopic (exact) mass is 483 g/mol. The Hall–Kier alpha value is -3.05. The van der Waals surface area contributed by atoms with Gasteiger partial charge in [-0.15, -0.1) is 6.42 Å². The SMILES string of the molecule is C#Cc1ccc(C2(NC(=O)[C@@H]3C[C@@H](O)CN3C(=O)[C@@H](NC(=O)OC(C)(C)C)C(C)(C)C)CC2)cc1. The minimum absolute atomic E-state index is 0.0172. The van der Waals surface area contributed by atoms with E-state index in [9.17, 15) is 19.5 Å². The molecule has 1 heterocycles. The maximum Gasteiger partial charge on any atom is 0.408 e. The number of hydrogen-bond donors (Lipinski definition) is 3. The smallest absolute Gasteiger partial charge is 0.408 e. The lowest BCUT2D eigenvalue weighted by Gasteiger charge is -2.36. The molecule has 35 heavy (non-hydrogen) atoms. The van der Waals surface area contributed by atoms with Gasteiger partial charge in [-0.25, -0.2) is 4.79 Å². The van der Waals surface area contributed by atoms with E-state index in [0.29, 0.717) is 0 Å². The molecule has 0 aromatic heterocycles. The Bertz CT molecular complexity index is 1010. The fraction of sp³-hybridized carbons (Fsp3) is 0.593. The van der Waals surface area contributed by atoms with Crippen LogP contribution in [0.25, 0.3) is 0 Å². The van der Waals surface area contributed by atoms with E-state index < -0.39 is 46.7 Å². The molecule has 3 atom stereocenters. The van der Waals surface area contributed by atoms with Crippen molar-refractivity contribution in [3.63, 3.8) is 0 Å². The third-order valence-electron chi connectivity index (χ3n) is 6.36. The van der Waals surface area contributed by atoms with Crippen LogP contribution in [0.4, 0.5) is 4.79 Å². The number of carbonyl (C=O) groups excluding carboxylic acids is 3. The zero-order valence-electron chi connectivity index (χ0n) is 21.5. The van der Waals surface area contributed by atoms with Crippen LogP contribution in [0.1, 0.15) is 71.9 Å². The van der Waals surface area contributed by atoms with Gasteiger partial charge in [0, 0.05) is 18.5 Å². The number of hydrogen-bond acceptors (Lipinski definition) is 5. The Morgan fingerprint density at radius 1 is 1.14 bits per heavy atom. The average Bonchev–Trinajstić information content (AvgIpc) is 3.41. The minimum atomic E-state index is -0.941. The normalized spacial score (nSPS) is 22.1. The third kappa shape index (κ3) is 6.34. The van der Waals surface area contributed by atoms with E-state index in [4.69, 9.17) is 11.2 Å². The number of nitrogens with zero attached hydrogens (tertiary/aromatic N) is 1. The summed E-state index contributed by atoms with van der Waals surface area (Å²) in [6, 6.07) is 5.72. The molecule has 1 aromatic rings. The van der Waals surface area contributed by atoms with Crippen molar-refractivity contribution in [2.75, 3.05) is 6.54 Å². The molecule has 1 aliphatic carbocycles. The van der Waals surface area contributed by atoms with Gasteiger partial charge in [-0.05, 0) is 56.7 Å². The fourth-order valence-corrected chi connectivity index (χ4v) is 4.36. The summed E-state index contributed by atoms with van der Waals surface area (Å²) >= 11 is 0. The highest BCUT2D eigenvalue weighted by atomic mass is 16.6. The van der Waals surface area contributed by atoms with Crippen LogP contribution >= 0.6 is 0 Å². The zero-order chi connectivity index (χ0) is 26.2. The van der Waals surface area contributed by atoms with Crippen LogP contribution < -0.4 is 10.6 Å². The molecule has 1 aliphatic heterocycles. The number of terminal acetylenes is 1.